The zero-order chi connectivity index (χ0) is 13.2. The van der Waals surface area contributed by atoms with Crippen molar-refractivity contribution in [2.24, 2.45) is 0 Å². The van der Waals surface area contributed by atoms with Crippen LogP contribution in [0.2, 0.25) is 0 Å². The highest BCUT2D eigenvalue weighted by atomic mass is 79.9. The second-order valence-corrected chi connectivity index (χ2v) is 6.76. The first-order valence-electron chi connectivity index (χ1n) is 6.08. The third kappa shape index (κ3) is 3.20. The number of halogens is 1. The van der Waals surface area contributed by atoms with Crippen molar-refractivity contribution in [3.63, 3.8) is 0 Å². The van der Waals surface area contributed by atoms with Gasteiger partial charge in [0.1, 0.15) is 0 Å². The number of thiophene rings is 1. The maximum absolute atomic E-state index is 12.2. The van der Waals surface area contributed by atoms with Gasteiger partial charge in [0.25, 0.3) is 0 Å². The normalized spacial score (nSPS) is 25.3. The molecule has 0 N–H and O–H groups in total. The van der Waals surface area contributed by atoms with E-state index in [9.17, 15) is 4.79 Å². The third-order valence-electron chi connectivity index (χ3n) is 3.47. The molecule has 0 amide bonds. The summed E-state index contributed by atoms with van der Waals surface area (Å²) in [6.07, 6.45) is 2.15. The Morgan fingerprint density at radius 3 is 3.06 bits per heavy atom. The fourth-order valence-electron chi connectivity index (χ4n) is 2.38. The lowest BCUT2D eigenvalue weighted by Crippen LogP contribution is -2.48. The zero-order valence-corrected chi connectivity index (χ0v) is 13.1. The highest BCUT2D eigenvalue weighted by Gasteiger charge is 2.31. The van der Waals surface area contributed by atoms with Crippen LogP contribution >= 0.6 is 27.3 Å². The van der Waals surface area contributed by atoms with Gasteiger partial charge >= 0.3 is 0 Å². The van der Waals surface area contributed by atoms with E-state index < -0.39 is 0 Å². The summed E-state index contributed by atoms with van der Waals surface area (Å²) in [7, 11) is 1.75. The molecule has 0 spiro atoms. The lowest BCUT2D eigenvalue weighted by Gasteiger charge is -2.39. The van der Waals surface area contributed by atoms with Crippen molar-refractivity contribution in [2.45, 2.75) is 25.4 Å². The Bertz CT molecular complexity index is 434. The van der Waals surface area contributed by atoms with Crippen molar-refractivity contribution in [3.8, 4) is 0 Å². The molecule has 1 aromatic heterocycles. The van der Waals surface area contributed by atoms with Crippen molar-refractivity contribution in [1.29, 1.82) is 0 Å². The van der Waals surface area contributed by atoms with Gasteiger partial charge < -0.3 is 4.74 Å². The molecule has 1 atom stereocenters. The molecule has 0 aliphatic carbocycles. The number of methoxy groups -OCH3 is 1. The lowest BCUT2D eigenvalue weighted by molar-refractivity contribution is -0.0485. The molecular formula is C13H18BrNO2S. The van der Waals surface area contributed by atoms with Gasteiger partial charge in [-0.15, -0.1) is 11.3 Å². The number of rotatable bonds is 4. The molecule has 0 radical (unpaired) electrons. The Balaban J connectivity index is 1.98. The Kier molecular flexibility index (Phi) is 4.59. The monoisotopic (exact) mass is 331 g/mol. The fourth-order valence-corrected chi connectivity index (χ4v) is 3.90. The standard InChI is InChI=1S/C13H18BrNO2S/c1-13(17-2)5-3-6-15(9-13)8-11(16)12-10(14)4-7-18-12/h4,7H,3,5-6,8-9H2,1-2H3. The molecule has 18 heavy (non-hydrogen) atoms. The van der Waals surface area contributed by atoms with E-state index in [4.69, 9.17) is 4.74 Å². The molecule has 1 fully saturated rings. The molecule has 1 aliphatic heterocycles. The predicted octanol–water partition coefficient (Wildman–Crippen LogP) is 3.19. The number of ketones is 1. The molecule has 0 saturated carbocycles. The van der Waals surface area contributed by atoms with Gasteiger partial charge in [-0.1, -0.05) is 0 Å². The van der Waals surface area contributed by atoms with E-state index in [1.165, 1.54) is 11.3 Å². The summed E-state index contributed by atoms with van der Waals surface area (Å²) in [4.78, 5) is 15.2. The van der Waals surface area contributed by atoms with Crippen LogP contribution in [0.15, 0.2) is 15.9 Å². The Morgan fingerprint density at radius 1 is 1.67 bits per heavy atom. The second-order valence-electron chi connectivity index (χ2n) is 4.99. The zero-order valence-electron chi connectivity index (χ0n) is 10.7. The number of carbonyl (C=O) groups excluding carboxylic acids is 1. The highest BCUT2D eigenvalue weighted by molar-refractivity contribution is 9.10. The van der Waals surface area contributed by atoms with Crippen LogP contribution in [0.4, 0.5) is 0 Å². The van der Waals surface area contributed by atoms with Gasteiger partial charge in [-0.2, -0.15) is 0 Å². The Hall–Kier alpha value is -0.230. The number of Topliss-reactive ketones (excluding diaryl/α,β-unsaturated/α-hetero) is 1. The molecule has 3 nitrogen and oxygen atoms in total. The first kappa shape index (κ1) is 14.2. The van der Waals surface area contributed by atoms with Crippen molar-refractivity contribution in [3.05, 3.63) is 20.8 Å². The SMILES string of the molecule is COC1(C)CCCN(CC(=O)c2sccc2Br)C1. The summed E-state index contributed by atoms with van der Waals surface area (Å²) in [6, 6.07) is 1.92. The number of carbonyl (C=O) groups is 1. The average molecular weight is 332 g/mol. The van der Waals surface area contributed by atoms with Crippen LogP contribution in [0.25, 0.3) is 0 Å². The van der Waals surface area contributed by atoms with Crippen molar-refractivity contribution in [2.75, 3.05) is 26.7 Å². The van der Waals surface area contributed by atoms with Gasteiger partial charge in [-0.3, -0.25) is 9.69 Å². The van der Waals surface area contributed by atoms with E-state index in [0.29, 0.717) is 6.54 Å². The molecular weight excluding hydrogens is 314 g/mol. The van der Waals surface area contributed by atoms with E-state index in [0.717, 1.165) is 35.3 Å². The van der Waals surface area contributed by atoms with E-state index >= 15 is 0 Å². The molecule has 0 aromatic carbocycles. The molecule has 2 rings (SSSR count). The average Bonchev–Trinajstić information content (AvgIpc) is 2.76. The highest BCUT2D eigenvalue weighted by Crippen LogP contribution is 2.26. The van der Waals surface area contributed by atoms with E-state index in [-0.39, 0.29) is 11.4 Å². The predicted molar refractivity (Wildman–Crippen MR) is 77.4 cm³/mol. The summed E-state index contributed by atoms with van der Waals surface area (Å²) in [6.45, 7) is 4.41. The molecule has 2 heterocycles. The second kappa shape index (κ2) is 5.82. The summed E-state index contributed by atoms with van der Waals surface area (Å²) < 4.78 is 6.45. The number of hydrogen-bond acceptors (Lipinski definition) is 4. The van der Waals surface area contributed by atoms with Crippen molar-refractivity contribution in [1.82, 2.24) is 4.90 Å². The Labute approximate surface area is 120 Å². The van der Waals surface area contributed by atoms with Crippen LogP contribution < -0.4 is 0 Å². The Morgan fingerprint density at radius 2 is 2.44 bits per heavy atom. The van der Waals surface area contributed by atoms with E-state index in [1.807, 2.05) is 11.4 Å². The summed E-state index contributed by atoms with van der Waals surface area (Å²) in [5.41, 5.74) is -0.106. The first-order chi connectivity index (χ1) is 8.54. The van der Waals surface area contributed by atoms with Gasteiger partial charge in [0, 0.05) is 18.1 Å². The van der Waals surface area contributed by atoms with Crippen LogP contribution in [-0.2, 0) is 4.74 Å². The van der Waals surface area contributed by atoms with Gasteiger partial charge in [0.2, 0.25) is 0 Å². The lowest BCUT2D eigenvalue weighted by atomic mass is 9.94. The minimum atomic E-state index is -0.106. The van der Waals surface area contributed by atoms with Crippen molar-refractivity contribution >= 4 is 33.0 Å². The smallest absolute Gasteiger partial charge is 0.187 e. The topological polar surface area (TPSA) is 29.5 Å². The minimum absolute atomic E-state index is 0.106. The number of hydrogen-bond donors (Lipinski definition) is 0. The molecule has 1 aromatic rings. The van der Waals surface area contributed by atoms with E-state index in [1.54, 1.807) is 7.11 Å². The van der Waals surface area contributed by atoms with Crippen LogP contribution in [0, 0.1) is 0 Å². The quantitative estimate of drug-likeness (QED) is 0.793. The molecule has 1 unspecified atom stereocenters. The van der Waals surface area contributed by atoms with Crippen LogP contribution in [0.1, 0.15) is 29.4 Å². The van der Waals surface area contributed by atoms with Crippen LogP contribution in [0.3, 0.4) is 0 Å². The van der Waals surface area contributed by atoms with Crippen LogP contribution in [0.5, 0.6) is 0 Å². The molecule has 100 valence electrons. The van der Waals surface area contributed by atoms with Gasteiger partial charge in [0.05, 0.1) is 17.0 Å². The number of nitrogens with zero attached hydrogens (tertiary/aromatic N) is 1. The van der Waals surface area contributed by atoms with Gasteiger partial charge in [-0.05, 0) is 53.7 Å². The van der Waals surface area contributed by atoms with E-state index in [2.05, 4.69) is 27.8 Å². The molecule has 0 bridgehead atoms. The summed E-state index contributed by atoms with van der Waals surface area (Å²) in [5.74, 6) is 0.192. The largest absolute Gasteiger partial charge is 0.377 e. The van der Waals surface area contributed by atoms with Gasteiger partial charge in [-0.25, -0.2) is 0 Å². The molecule has 5 heteroatoms. The van der Waals surface area contributed by atoms with Gasteiger partial charge in [0.15, 0.2) is 5.78 Å². The maximum Gasteiger partial charge on any atom is 0.187 e. The third-order valence-corrected chi connectivity index (χ3v) is 5.35. The van der Waals surface area contributed by atoms with Crippen LogP contribution in [-0.4, -0.2) is 43.0 Å². The maximum atomic E-state index is 12.2. The number of ether oxygens (including phenoxy) is 1. The molecule has 1 aliphatic rings. The summed E-state index contributed by atoms with van der Waals surface area (Å²) in [5, 5.41) is 1.94. The first-order valence-corrected chi connectivity index (χ1v) is 7.75. The van der Waals surface area contributed by atoms with Crippen molar-refractivity contribution < 1.29 is 9.53 Å². The number of likely N-dealkylation sites (tertiary alicyclic amines) is 1. The molecule has 1 saturated heterocycles. The fraction of sp³-hybridized carbons (Fsp3) is 0.615. The summed E-state index contributed by atoms with van der Waals surface area (Å²) >= 11 is 4.91. The number of piperidine rings is 1. The minimum Gasteiger partial charge on any atom is -0.377 e.